The number of amides is 2. The van der Waals surface area contributed by atoms with Crippen LogP contribution in [0.5, 0.6) is 11.5 Å². The van der Waals surface area contributed by atoms with E-state index in [0.29, 0.717) is 41.5 Å². The van der Waals surface area contributed by atoms with Crippen LogP contribution in [0.2, 0.25) is 0 Å². The number of carbonyl (C=O) groups is 4. The summed E-state index contributed by atoms with van der Waals surface area (Å²) >= 11 is 0. The van der Waals surface area contributed by atoms with Crippen LogP contribution in [0.1, 0.15) is 77.8 Å². The Balaban J connectivity index is 1.21. The molecule has 0 radical (unpaired) electrons. The Morgan fingerprint density at radius 2 is 1.35 bits per heavy atom. The normalized spacial score (nSPS) is 11.3. The van der Waals surface area contributed by atoms with Crippen molar-refractivity contribution >= 4 is 29.3 Å². The molecule has 0 bridgehead atoms. The Hall–Kier alpha value is -5.28. The zero-order valence-electron chi connectivity index (χ0n) is 28.1. The molecule has 0 aliphatic carbocycles. The summed E-state index contributed by atoms with van der Waals surface area (Å²) in [7, 11) is 0. The maximum Gasteiger partial charge on any atom is 0.343 e. The number of Topliss-reactive ketones (excluding diaryl/α,β-unsaturated/α-hetero) is 1. The largest absolute Gasteiger partial charge is 0.494 e. The van der Waals surface area contributed by atoms with E-state index in [0.717, 1.165) is 24.0 Å². The molecule has 9 heteroatoms. The third kappa shape index (κ3) is 12.7. The van der Waals surface area contributed by atoms with Gasteiger partial charge in [-0.25, -0.2) is 4.79 Å². The maximum atomic E-state index is 13.0. The predicted molar refractivity (Wildman–Crippen MR) is 189 cm³/mol. The highest BCUT2D eigenvalue weighted by Crippen LogP contribution is 2.19. The molecule has 0 aromatic heterocycles. The highest BCUT2D eigenvalue weighted by molar-refractivity contribution is 5.98. The van der Waals surface area contributed by atoms with Crippen LogP contribution in [0.3, 0.4) is 0 Å². The molecule has 2 amide bonds. The van der Waals surface area contributed by atoms with Gasteiger partial charge in [-0.05, 0) is 91.6 Å². The van der Waals surface area contributed by atoms with Gasteiger partial charge < -0.3 is 24.8 Å². The number of ketones is 1. The highest BCUT2D eigenvalue weighted by atomic mass is 16.5. The molecule has 4 rings (SSSR count). The van der Waals surface area contributed by atoms with Gasteiger partial charge in [0, 0.05) is 11.3 Å². The number of esters is 1. The van der Waals surface area contributed by atoms with Crippen molar-refractivity contribution in [3.8, 4) is 11.5 Å². The zero-order valence-corrected chi connectivity index (χ0v) is 28.1. The molecule has 0 saturated heterocycles. The molecule has 2 N–H and O–H groups in total. The Morgan fingerprint density at radius 3 is 2.02 bits per heavy atom. The standard InChI is InChI=1S/C40H44N2O7/c1-3-4-5-6-10-25-48-35-23-17-33(18-24-35)40(46)49-36-21-13-30(14-22-36)26-37(29(2)43)42-39(45)32-15-19-34(20-16-32)41-38(44)28-47-27-31-11-8-7-9-12-31/h7-9,11-24,37H,3-6,10,25-28H2,1-2H3,(H,41,44)(H,42,45)/t37-/m0/s1. The predicted octanol–water partition coefficient (Wildman–Crippen LogP) is 7.34. The van der Waals surface area contributed by atoms with Gasteiger partial charge in [0.25, 0.3) is 5.91 Å². The Morgan fingerprint density at radius 1 is 0.694 bits per heavy atom. The molecule has 0 aliphatic rings. The van der Waals surface area contributed by atoms with E-state index in [9.17, 15) is 19.2 Å². The summed E-state index contributed by atoms with van der Waals surface area (Å²) in [6.45, 7) is 4.48. The van der Waals surface area contributed by atoms with Crippen molar-refractivity contribution in [1.29, 1.82) is 0 Å². The zero-order chi connectivity index (χ0) is 34.8. The number of ether oxygens (including phenoxy) is 3. The molecule has 0 fully saturated rings. The van der Waals surface area contributed by atoms with Crippen molar-refractivity contribution in [2.24, 2.45) is 0 Å². The topological polar surface area (TPSA) is 120 Å². The van der Waals surface area contributed by atoms with Crippen LogP contribution >= 0.6 is 0 Å². The van der Waals surface area contributed by atoms with Crippen molar-refractivity contribution in [3.05, 3.63) is 125 Å². The van der Waals surface area contributed by atoms with Gasteiger partial charge in [0.1, 0.15) is 18.1 Å². The number of hydrogen-bond donors (Lipinski definition) is 2. The first-order valence-electron chi connectivity index (χ1n) is 16.7. The number of rotatable bonds is 19. The molecule has 0 heterocycles. The third-order valence-corrected chi connectivity index (χ3v) is 7.75. The lowest BCUT2D eigenvalue weighted by atomic mass is 10.0. The van der Waals surface area contributed by atoms with Gasteiger partial charge in [0.2, 0.25) is 5.91 Å². The van der Waals surface area contributed by atoms with E-state index in [1.54, 1.807) is 72.8 Å². The number of nitrogens with one attached hydrogen (secondary N) is 2. The average molecular weight is 665 g/mol. The monoisotopic (exact) mass is 664 g/mol. The van der Waals surface area contributed by atoms with Crippen LogP contribution in [0.25, 0.3) is 0 Å². The number of anilines is 1. The molecule has 1 atom stereocenters. The van der Waals surface area contributed by atoms with E-state index in [1.165, 1.54) is 26.2 Å². The number of carbonyl (C=O) groups excluding carboxylic acids is 4. The van der Waals surface area contributed by atoms with Gasteiger partial charge >= 0.3 is 5.97 Å². The Labute approximate surface area is 288 Å². The van der Waals surface area contributed by atoms with E-state index in [1.807, 2.05) is 30.3 Å². The highest BCUT2D eigenvalue weighted by Gasteiger charge is 2.19. The lowest BCUT2D eigenvalue weighted by Gasteiger charge is -2.17. The fourth-order valence-electron chi connectivity index (χ4n) is 4.95. The number of benzene rings is 4. The van der Waals surface area contributed by atoms with Crippen LogP contribution in [0, 0.1) is 0 Å². The second-order valence-corrected chi connectivity index (χ2v) is 11.8. The Bertz CT molecular complexity index is 1640. The summed E-state index contributed by atoms with van der Waals surface area (Å²) in [5.74, 6) is -0.349. The first kappa shape index (κ1) is 36.6. The quantitative estimate of drug-likeness (QED) is 0.0612. The maximum absolute atomic E-state index is 13.0. The molecule has 0 unspecified atom stereocenters. The third-order valence-electron chi connectivity index (χ3n) is 7.75. The molecule has 256 valence electrons. The van der Waals surface area contributed by atoms with Crippen LogP contribution in [-0.2, 0) is 27.4 Å². The van der Waals surface area contributed by atoms with Crippen LogP contribution in [0.4, 0.5) is 5.69 Å². The first-order chi connectivity index (χ1) is 23.8. The molecule has 0 spiro atoms. The molecular weight excluding hydrogens is 620 g/mol. The SMILES string of the molecule is CCCCCCCOc1ccc(C(=O)Oc2ccc(C[C@H](NC(=O)c3ccc(NC(=O)COCc4ccccc4)cc3)C(C)=O)cc2)cc1. The van der Waals surface area contributed by atoms with Crippen LogP contribution in [-0.4, -0.2) is 42.8 Å². The summed E-state index contributed by atoms with van der Waals surface area (Å²) in [5.41, 5.74) is 3.02. The summed E-state index contributed by atoms with van der Waals surface area (Å²) < 4.78 is 16.8. The molecule has 4 aromatic carbocycles. The van der Waals surface area contributed by atoms with E-state index in [-0.39, 0.29) is 24.7 Å². The number of hydrogen-bond acceptors (Lipinski definition) is 7. The minimum atomic E-state index is -0.765. The molecule has 4 aromatic rings. The fraction of sp³-hybridized carbons (Fsp3) is 0.300. The lowest BCUT2D eigenvalue weighted by molar-refractivity contribution is -0.121. The summed E-state index contributed by atoms with van der Waals surface area (Å²) in [4.78, 5) is 50.3. The molecule has 0 saturated carbocycles. The van der Waals surface area contributed by atoms with Gasteiger partial charge in [-0.15, -0.1) is 0 Å². The molecule has 49 heavy (non-hydrogen) atoms. The number of unbranched alkanes of at least 4 members (excludes halogenated alkanes) is 4. The van der Waals surface area contributed by atoms with E-state index in [2.05, 4.69) is 17.6 Å². The fourth-order valence-corrected chi connectivity index (χ4v) is 4.95. The van der Waals surface area contributed by atoms with E-state index >= 15 is 0 Å². The van der Waals surface area contributed by atoms with Gasteiger partial charge in [-0.1, -0.05) is 75.1 Å². The van der Waals surface area contributed by atoms with Gasteiger partial charge in [-0.3, -0.25) is 14.4 Å². The lowest BCUT2D eigenvalue weighted by Crippen LogP contribution is -2.41. The van der Waals surface area contributed by atoms with Gasteiger partial charge in [0.05, 0.1) is 24.8 Å². The minimum Gasteiger partial charge on any atom is -0.494 e. The summed E-state index contributed by atoms with van der Waals surface area (Å²) in [6, 6.07) is 28.9. The van der Waals surface area contributed by atoms with Crippen molar-refractivity contribution in [3.63, 3.8) is 0 Å². The second-order valence-electron chi connectivity index (χ2n) is 11.8. The summed E-state index contributed by atoms with van der Waals surface area (Å²) in [6.07, 6.45) is 6.07. The van der Waals surface area contributed by atoms with Crippen LogP contribution in [0.15, 0.2) is 103 Å². The first-order valence-corrected chi connectivity index (χ1v) is 16.7. The van der Waals surface area contributed by atoms with Crippen molar-refractivity contribution in [1.82, 2.24) is 5.32 Å². The van der Waals surface area contributed by atoms with E-state index < -0.39 is 17.9 Å². The van der Waals surface area contributed by atoms with Crippen molar-refractivity contribution < 1.29 is 33.4 Å². The smallest absolute Gasteiger partial charge is 0.343 e. The molecule has 9 nitrogen and oxygen atoms in total. The van der Waals surface area contributed by atoms with Crippen molar-refractivity contribution in [2.45, 2.75) is 65.0 Å². The summed E-state index contributed by atoms with van der Waals surface area (Å²) in [5, 5.41) is 5.53. The van der Waals surface area contributed by atoms with Crippen molar-refractivity contribution in [2.75, 3.05) is 18.5 Å². The van der Waals surface area contributed by atoms with Crippen LogP contribution < -0.4 is 20.1 Å². The minimum absolute atomic E-state index is 0.107. The molecule has 0 aliphatic heterocycles. The molecular formula is C40H44N2O7. The second kappa shape index (κ2) is 19.5. The Kier molecular flexibility index (Phi) is 14.6. The average Bonchev–Trinajstić information content (AvgIpc) is 3.11. The van der Waals surface area contributed by atoms with E-state index in [4.69, 9.17) is 14.2 Å². The van der Waals surface area contributed by atoms with Gasteiger partial charge in [-0.2, -0.15) is 0 Å². The van der Waals surface area contributed by atoms with Gasteiger partial charge in [0.15, 0.2) is 5.78 Å².